The lowest BCUT2D eigenvalue weighted by atomic mass is 10.1. The number of carbonyl (C=O) groups is 2. The number of ether oxygens (including phenoxy) is 2. The van der Waals surface area contributed by atoms with Crippen LogP contribution in [0, 0.1) is 11.8 Å². The molecule has 3 aliphatic heterocycles. The number of hydrogen-bond acceptors (Lipinski definition) is 5. The van der Waals surface area contributed by atoms with E-state index < -0.39 is 5.92 Å². The number of carbonyl (C=O) groups excluding carboxylic acids is 2. The first-order chi connectivity index (χ1) is 12.2. The monoisotopic (exact) mass is 381 g/mol. The number of rotatable bonds is 3. The number of nitrogens with zero attached hydrogens (tertiary/aromatic N) is 2. The smallest absolute Gasteiger partial charge is 0.239 e. The second-order valence-electron chi connectivity index (χ2n) is 6.83. The van der Waals surface area contributed by atoms with Gasteiger partial charge in [-0.15, -0.1) is 12.4 Å². The molecule has 0 spiro atoms. The molecule has 2 saturated heterocycles. The predicted molar refractivity (Wildman–Crippen MR) is 98.9 cm³/mol. The Labute approximate surface area is 158 Å². The van der Waals surface area contributed by atoms with Crippen LogP contribution in [0.3, 0.4) is 0 Å². The maximum Gasteiger partial charge on any atom is 0.239 e. The SMILES string of the molecule is Cl.NCC1CCN(C(=O)C2CCN(c3ccc4c(c3)OCCO4)C2=O)C1. The Morgan fingerprint density at radius 3 is 2.65 bits per heavy atom. The summed E-state index contributed by atoms with van der Waals surface area (Å²) in [6.07, 6.45) is 1.48. The number of amides is 2. The Kier molecular flexibility index (Phi) is 5.58. The van der Waals surface area contributed by atoms with Gasteiger partial charge >= 0.3 is 0 Å². The maximum atomic E-state index is 12.8. The molecule has 3 aliphatic rings. The fraction of sp³-hybridized carbons (Fsp3) is 0.556. The van der Waals surface area contributed by atoms with Gasteiger partial charge in [0, 0.05) is 31.4 Å². The molecule has 7 nitrogen and oxygen atoms in total. The predicted octanol–water partition coefficient (Wildman–Crippen LogP) is 1.04. The van der Waals surface area contributed by atoms with Crippen LogP contribution in [0.25, 0.3) is 0 Å². The minimum absolute atomic E-state index is 0. The van der Waals surface area contributed by atoms with Crippen LogP contribution >= 0.6 is 12.4 Å². The lowest BCUT2D eigenvalue weighted by Crippen LogP contribution is -2.39. The first-order valence-corrected chi connectivity index (χ1v) is 8.87. The van der Waals surface area contributed by atoms with Gasteiger partial charge < -0.3 is 25.0 Å². The van der Waals surface area contributed by atoms with Crippen LogP contribution in [0.2, 0.25) is 0 Å². The molecule has 4 rings (SSSR count). The van der Waals surface area contributed by atoms with Gasteiger partial charge in [-0.3, -0.25) is 9.59 Å². The highest BCUT2D eigenvalue weighted by Gasteiger charge is 2.41. The van der Waals surface area contributed by atoms with Gasteiger partial charge in [0.15, 0.2) is 11.5 Å². The Hall–Kier alpha value is -1.99. The largest absolute Gasteiger partial charge is 0.486 e. The third kappa shape index (κ3) is 3.33. The summed E-state index contributed by atoms with van der Waals surface area (Å²) in [7, 11) is 0. The van der Waals surface area contributed by atoms with E-state index in [0.717, 1.165) is 12.1 Å². The van der Waals surface area contributed by atoms with Gasteiger partial charge in [0.05, 0.1) is 0 Å². The van der Waals surface area contributed by atoms with Crippen molar-refractivity contribution in [3.8, 4) is 11.5 Å². The molecule has 2 fully saturated rings. The molecule has 0 saturated carbocycles. The number of benzene rings is 1. The highest BCUT2D eigenvalue weighted by Crippen LogP contribution is 2.36. The molecule has 26 heavy (non-hydrogen) atoms. The quantitative estimate of drug-likeness (QED) is 0.791. The van der Waals surface area contributed by atoms with Crippen LogP contribution in [-0.2, 0) is 9.59 Å². The Morgan fingerprint density at radius 2 is 1.92 bits per heavy atom. The summed E-state index contributed by atoms with van der Waals surface area (Å²) >= 11 is 0. The molecule has 0 aliphatic carbocycles. The van der Waals surface area contributed by atoms with Crippen molar-refractivity contribution >= 4 is 29.9 Å². The Morgan fingerprint density at radius 1 is 1.15 bits per heavy atom. The van der Waals surface area contributed by atoms with Gasteiger partial charge in [-0.1, -0.05) is 0 Å². The lowest BCUT2D eigenvalue weighted by Gasteiger charge is -2.23. The van der Waals surface area contributed by atoms with Crippen LogP contribution < -0.4 is 20.1 Å². The van der Waals surface area contributed by atoms with Crippen molar-refractivity contribution in [1.82, 2.24) is 4.90 Å². The van der Waals surface area contributed by atoms with Crippen LogP contribution in [0.15, 0.2) is 18.2 Å². The highest BCUT2D eigenvalue weighted by atomic mass is 35.5. The molecule has 3 heterocycles. The number of anilines is 1. The molecular weight excluding hydrogens is 358 g/mol. The molecule has 1 aromatic rings. The summed E-state index contributed by atoms with van der Waals surface area (Å²) in [6.45, 7) is 3.54. The van der Waals surface area contributed by atoms with E-state index in [1.54, 1.807) is 9.80 Å². The minimum Gasteiger partial charge on any atom is -0.486 e. The summed E-state index contributed by atoms with van der Waals surface area (Å²) < 4.78 is 11.1. The average Bonchev–Trinajstić information content (AvgIpc) is 3.27. The molecular formula is C18H24ClN3O4. The van der Waals surface area contributed by atoms with Crippen molar-refractivity contribution in [2.24, 2.45) is 17.6 Å². The normalized spacial score (nSPS) is 24.6. The van der Waals surface area contributed by atoms with Crippen molar-refractivity contribution < 1.29 is 19.1 Å². The van der Waals surface area contributed by atoms with Crippen LogP contribution in [0.4, 0.5) is 5.69 Å². The number of hydrogen-bond donors (Lipinski definition) is 1. The number of nitrogens with two attached hydrogens (primary N) is 1. The van der Waals surface area contributed by atoms with E-state index in [1.165, 1.54) is 0 Å². The van der Waals surface area contributed by atoms with E-state index in [1.807, 2.05) is 18.2 Å². The molecule has 0 radical (unpaired) electrons. The molecule has 0 aromatic heterocycles. The zero-order chi connectivity index (χ0) is 17.4. The minimum atomic E-state index is -0.579. The summed E-state index contributed by atoms with van der Waals surface area (Å²) in [5.41, 5.74) is 6.45. The first kappa shape index (κ1) is 18.8. The number of halogens is 1. The fourth-order valence-electron chi connectivity index (χ4n) is 3.81. The van der Waals surface area contributed by atoms with Gasteiger partial charge in [0.1, 0.15) is 19.1 Å². The molecule has 2 atom stereocenters. The molecule has 8 heteroatoms. The van der Waals surface area contributed by atoms with Gasteiger partial charge in [-0.05, 0) is 37.4 Å². The van der Waals surface area contributed by atoms with Crippen LogP contribution in [-0.4, -0.2) is 56.1 Å². The molecule has 1 aromatic carbocycles. The van der Waals surface area contributed by atoms with Crippen LogP contribution in [0.1, 0.15) is 12.8 Å². The van der Waals surface area contributed by atoms with E-state index in [4.69, 9.17) is 15.2 Å². The molecule has 0 bridgehead atoms. The molecule has 2 amide bonds. The standard InChI is InChI=1S/C18H23N3O4.ClH/c19-10-12-3-5-20(11-12)17(22)14-4-6-21(18(14)23)13-1-2-15-16(9-13)25-8-7-24-15;/h1-2,9,12,14H,3-8,10-11,19H2;1H. The van der Waals surface area contributed by atoms with Gasteiger partial charge in [0.2, 0.25) is 11.8 Å². The summed E-state index contributed by atoms with van der Waals surface area (Å²) in [4.78, 5) is 29.0. The van der Waals surface area contributed by atoms with Gasteiger partial charge in [-0.25, -0.2) is 0 Å². The van der Waals surface area contributed by atoms with E-state index in [0.29, 0.717) is 63.2 Å². The number of fused-ring (bicyclic) bond motifs is 1. The third-order valence-electron chi connectivity index (χ3n) is 5.27. The zero-order valence-corrected chi connectivity index (χ0v) is 15.4. The molecule has 142 valence electrons. The Bertz CT molecular complexity index is 699. The summed E-state index contributed by atoms with van der Waals surface area (Å²) in [5.74, 6) is 0.939. The summed E-state index contributed by atoms with van der Waals surface area (Å²) in [5, 5.41) is 0. The first-order valence-electron chi connectivity index (χ1n) is 8.87. The van der Waals surface area contributed by atoms with Gasteiger partial charge in [0.25, 0.3) is 0 Å². The molecule has 2 unspecified atom stereocenters. The van der Waals surface area contributed by atoms with E-state index in [9.17, 15) is 9.59 Å². The maximum absolute atomic E-state index is 12.8. The van der Waals surface area contributed by atoms with Crippen molar-refractivity contribution in [3.05, 3.63) is 18.2 Å². The Balaban J connectivity index is 0.00000196. The summed E-state index contributed by atoms with van der Waals surface area (Å²) in [6, 6.07) is 5.48. The van der Waals surface area contributed by atoms with Crippen molar-refractivity contribution in [2.45, 2.75) is 12.8 Å². The van der Waals surface area contributed by atoms with E-state index in [-0.39, 0.29) is 24.2 Å². The second kappa shape index (κ2) is 7.72. The van der Waals surface area contributed by atoms with E-state index >= 15 is 0 Å². The van der Waals surface area contributed by atoms with Gasteiger partial charge in [-0.2, -0.15) is 0 Å². The average molecular weight is 382 g/mol. The van der Waals surface area contributed by atoms with Crippen LogP contribution in [0.5, 0.6) is 11.5 Å². The highest BCUT2D eigenvalue weighted by molar-refractivity contribution is 6.09. The second-order valence-corrected chi connectivity index (χ2v) is 6.83. The number of likely N-dealkylation sites (tertiary alicyclic amines) is 1. The lowest BCUT2D eigenvalue weighted by molar-refractivity contribution is -0.139. The fourth-order valence-corrected chi connectivity index (χ4v) is 3.81. The molecule has 2 N–H and O–H groups in total. The topological polar surface area (TPSA) is 85.1 Å². The van der Waals surface area contributed by atoms with Crippen molar-refractivity contribution in [2.75, 3.05) is 44.3 Å². The third-order valence-corrected chi connectivity index (χ3v) is 5.27. The zero-order valence-electron chi connectivity index (χ0n) is 14.6. The van der Waals surface area contributed by atoms with Crippen molar-refractivity contribution in [3.63, 3.8) is 0 Å². The van der Waals surface area contributed by atoms with E-state index in [2.05, 4.69) is 0 Å². The van der Waals surface area contributed by atoms with Crippen molar-refractivity contribution in [1.29, 1.82) is 0 Å².